The van der Waals surface area contributed by atoms with Gasteiger partial charge < -0.3 is 5.11 Å². The first-order valence-corrected chi connectivity index (χ1v) is 5.16. The second-order valence-electron chi connectivity index (χ2n) is 5.48. The third-order valence-corrected chi connectivity index (χ3v) is 3.72. The summed E-state index contributed by atoms with van der Waals surface area (Å²) in [5.41, 5.74) is -0.352. The summed E-state index contributed by atoms with van der Waals surface area (Å²) in [4.78, 5) is 0. The van der Waals surface area contributed by atoms with Crippen molar-refractivity contribution in [2.45, 2.75) is 46.6 Å². The van der Waals surface area contributed by atoms with Gasteiger partial charge in [0.2, 0.25) is 0 Å². The minimum atomic E-state index is -0.551. The van der Waals surface area contributed by atoms with Gasteiger partial charge in [-0.05, 0) is 24.7 Å². The molecule has 0 heterocycles. The number of allylic oxidation sites excluding steroid dienone is 1. The summed E-state index contributed by atoms with van der Waals surface area (Å²) in [7, 11) is 0. The Labute approximate surface area is 81.9 Å². The Morgan fingerprint density at radius 3 is 2.08 bits per heavy atom. The third kappa shape index (κ3) is 2.14. The van der Waals surface area contributed by atoms with E-state index in [1.807, 2.05) is 6.92 Å². The largest absolute Gasteiger partial charge is 0.390 e. The molecule has 1 N–H and O–H groups in total. The minimum Gasteiger partial charge on any atom is -0.390 e. The molecule has 0 aliphatic heterocycles. The maximum atomic E-state index is 10.2. The van der Waals surface area contributed by atoms with Crippen LogP contribution >= 0.6 is 0 Å². The molecule has 0 bridgehead atoms. The topological polar surface area (TPSA) is 20.2 Å². The molecule has 0 aromatic heterocycles. The van der Waals surface area contributed by atoms with E-state index in [1.165, 1.54) is 0 Å². The molecule has 0 saturated carbocycles. The van der Waals surface area contributed by atoms with Crippen molar-refractivity contribution >= 4 is 0 Å². The lowest BCUT2D eigenvalue weighted by Crippen LogP contribution is -2.37. The van der Waals surface area contributed by atoms with Crippen molar-refractivity contribution in [3.05, 3.63) is 12.2 Å². The monoisotopic (exact) mass is 182 g/mol. The molecule has 0 spiro atoms. The first-order valence-electron chi connectivity index (χ1n) is 5.16. The number of hydrogen-bond acceptors (Lipinski definition) is 1. The van der Waals surface area contributed by atoms with E-state index in [0.29, 0.717) is 5.92 Å². The van der Waals surface area contributed by atoms with Crippen molar-refractivity contribution in [2.75, 3.05) is 0 Å². The molecule has 13 heavy (non-hydrogen) atoms. The number of rotatable bonds is 0. The summed E-state index contributed by atoms with van der Waals surface area (Å²) in [6.45, 7) is 10.7. The van der Waals surface area contributed by atoms with Crippen LogP contribution in [-0.2, 0) is 0 Å². The molecule has 0 saturated heterocycles. The Hall–Kier alpha value is -0.300. The normalized spacial score (nSPS) is 44.5. The highest BCUT2D eigenvalue weighted by molar-refractivity contribution is 5.06. The molecule has 3 unspecified atom stereocenters. The van der Waals surface area contributed by atoms with Gasteiger partial charge in [0.05, 0.1) is 5.60 Å². The molecule has 1 aliphatic carbocycles. The Morgan fingerprint density at radius 1 is 1.08 bits per heavy atom. The fourth-order valence-corrected chi connectivity index (χ4v) is 2.05. The highest BCUT2D eigenvalue weighted by Gasteiger charge is 2.38. The van der Waals surface area contributed by atoms with E-state index in [-0.39, 0.29) is 11.3 Å². The molecule has 0 amide bonds. The number of aliphatic hydroxyl groups is 1. The van der Waals surface area contributed by atoms with Crippen molar-refractivity contribution in [1.82, 2.24) is 0 Å². The molecule has 1 nitrogen and oxygen atoms in total. The van der Waals surface area contributed by atoms with Crippen LogP contribution in [0.5, 0.6) is 0 Å². The van der Waals surface area contributed by atoms with Crippen molar-refractivity contribution < 1.29 is 5.11 Å². The minimum absolute atomic E-state index is 0.199. The smallest absolute Gasteiger partial charge is 0.0684 e. The molecule has 3 atom stereocenters. The summed E-state index contributed by atoms with van der Waals surface area (Å²) >= 11 is 0. The van der Waals surface area contributed by atoms with Gasteiger partial charge in [-0.2, -0.15) is 0 Å². The van der Waals surface area contributed by atoms with Gasteiger partial charge in [0.15, 0.2) is 0 Å². The van der Waals surface area contributed by atoms with Gasteiger partial charge in [-0.25, -0.2) is 0 Å². The predicted molar refractivity (Wildman–Crippen MR) is 56.5 cm³/mol. The van der Waals surface area contributed by atoms with Crippen molar-refractivity contribution in [3.63, 3.8) is 0 Å². The van der Waals surface area contributed by atoms with Crippen molar-refractivity contribution in [1.29, 1.82) is 0 Å². The highest BCUT2D eigenvalue weighted by atomic mass is 16.3. The fraction of sp³-hybridized carbons (Fsp3) is 0.833. The van der Waals surface area contributed by atoms with E-state index in [2.05, 4.69) is 39.8 Å². The first kappa shape index (κ1) is 10.8. The molecule has 76 valence electrons. The SMILES string of the molecule is CC1C=CC(C)C(C)(O)CC1(C)C. The lowest BCUT2D eigenvalue weighted by molar-refractivity contribution is -0.0185. The van der Waals surface area contributed by atoms with Gasteiger partial charge in [0.1, 0.15) is 0 Å². The average molecular weight is 182 g/mol. The van der Waals surface area contributed by atoms with E-state index in [0.717, 1.165) is 6.42 Å². The lowest BCUT2D eigenvalue weighted by Gasteiger charge is -2.36. The number of hydrogen-bond donors (Lipinski definition) is 1. The zero-order valence-electron chi connectivity index (χ0n) is 9.46. The maximum Gasteiger partial charge on any atom is 0.0684 e. The predicted octanol–water partition coefficient (Wildman–Crippen LogP) is 3.00. The van der Waals surface area contributed by atoms with E-state index >= 15 is 0 Å². The molecular weight excluding hydrogens is 160 g/mol. The second kappa shape index (κ2) is 3.13. The summed E-state index contributed by atoms with van der Waals surface area (Å²) in [6.07, 6.45) is 5.26. The van der Waals surface area contributed by atoms with Crippen LogP contribution < -0.4 is 0 Å². The van der Waals surface area contributed by atoms with E-state index < -0.39 is 5.60 Å². The first-order chi connectivity index (χ1) is 5.76. The van der Waals surface area contributed by atoms with Gasteiger partial charge >= 0.3 is 0 Å². The van der Waals surface area contributed by atoms with Crippen LogP contribution in [0.1, 0.15) is 41.0 Å². The van der Waals surface area contributed by atoms with Crippen LogP contribution in [-0.4, -0.2) is 10.7 Å². The van der Waals surface area contributed by atoms with Crippen LogP contribution in [0, 0.1) is 17.3 Å². The summed E-state index contributed by atoms with van der Waals surface area (Å²) in [5.74, 6) is 0.806. The zero-order chi connectivity index (χ0) is 10.3. The Bertz CT molecular complexity index is 191. The van der Waals surface area contributed by atoms with Gasteiger partial charge in [0, 0.05) is 5.92 Å². The standard InChI is InChI=1S/C12H22O/c1-9-6-7-10(2)12(5,13)8-11(9,3)4/h6-7,9-10,13H,8H2,1-5H3. The van der Waals surface area contributed by atoms with E-state index in [9.17, 15) is 5.11 Å². The van der Waals surface area contributed by atoms with Crippen LogP contribution in [0.3, 0.4) is 0 Å². The molecule has 0 aromatic rings. The van der Waals surface area contributed by atoms with Gasteiger partial charge in [0.25, 0.3) is 0 Å². The molecule has 1 heteroatoms. The van der Waals surface area contributed by atoms with E-state index in [1.54, 1.807) is 0 Å². The van der Waals surface area contributed by atoms with Crippen LogP contribution in [0.2, 0.25) is 0 Å². The molecule has 0 radical (unpaired) electrons. The van der Waals surface area contributed by atoms with E-state index in [4.69, 9.17) is 0 Å². The molecule has 1 rings (SSSR count). The van der Waals surface area contributed by atoms with Gasteiger partial charge in [-0.3, -0.25) is 0 Å². The molecular formula is C12H22O. The molecule has 1 aliphatic rings. The zero-order valence-corrected chi connectivity index (χ0v) is 9.46. The summed E-state index contributed by atoms with van der Waals surface area (Å²) in [5, 5.41) is 10.2. The van der Waals surface area contributed by atoms with Crippen LogP contribution in [0.4, 0.5) is 0 Å². The highest BCUT2D eigenvalue weighted by Crippen LogP contribution is 2.41. The van der Waals surface area contributed by atoms with Crippen molar-refractivity contribution in [2.24, 2.45) is 17.3 Å². The van der Waals surface area contributed by atoms with Gasteiger partial charge in [-0.1, -0.05) is 39.8 Å². The average Bonchev–Trinajstić information content (AvgIpc) is 2.00. The second-order valence-corrected chi connectivity index (χ2v) is 5.48. The maximum absolute atomic E-state index is 10.2. The van der Waals surface area contributed by atoms with Crippen LogP contribution in [0.15, 0.2) is 12.2 Å². The Kier molecular flexibility index (Phi) is 2.59. The molecule has 0 fully saturated rings. The summed E-state index contributed by atoms with van der Waals surface area (Å²) < 4.78 is 0. The Morgan fingerprint density at radius 2 is 1.54 bits per heavy atom. The Balaban J connectivity index is 2.95. The van der Waals surface area contributed by atoms with Crippen LogP contribution in [0.25, 0.3) is 0 Å². The van der Waals surface area contributed by atoms with Crippen molar-refractivity contribution in [3.8, 4) is 0 Å². The third-order valence-electron chi connectivity index (χ3n) is 3.72. The van der Waals surface area contributed by atoms with Gasteiger partial charge in [-0.15, -0.1) is 0 Å². The lowest BCUT2D eigenvalue weighted by atomic mass is 9.72. The fourth-order valence-electron chi connectivity index (χ4n) is 2.05. The molecule has 0 aromatic carbocycles. The summed E-state index contributed by atoms with van der Waals surface area (Å²) in [6, 6.07) is 0. The quantitative estimate of drug-likeness (QED) is 0.571.